The van der Waals surface area contributed by atoms with Crippen LogP contribution in [0.4, 0.5) is 0 Å². The summed E-state index contributed by atoms with van der Waals surface area (Å²) in [6.07, 6.45) is 3.55. The van der Waals surface area contributed by atoms with Gasteiger partial charge in [-0.05, 0) is 32.6 Å². The van der Waals surface area contributed by atoms with E-state index in [1.54, 1.807) is 0 Å². The third kappa shape index (κ3) is 1.74. The summed E-state index contributed by atoms with van der Waals surface area (Å²) >= 11 is 0. The van der Waals surface area contributed by atoms with Crippen LogP contribution in [0.15, 0.2) is 4.99 Å². The van der Waals surface area contributed by atoms with Crippen LogP contribution in [0.2, 0.25) is 0 Å². The summed E-state index contributed by atoms with van der Waals surface area (Å²) in [6.45, 7) is 4.07. The van der Waals surface area contributed by atoms with E-state index < -0.39 is 0 Å². The molecule has 0 radical (unpaired) electrons. The highest BCUT2D eigenvalue weighted by Crippen LogP contribution is 2.32. The molecule has 1 saturated carbocycles. The lowest BCUT2D eigenvalue weighted by Crippen LogP contribution is -2.41. The maximum Gasteiger partial charge on any atom is 0.251 e. The molecule has 0 aromatic carbocycles. The van der Waals surface area contributed by atoms with Crippen molar-refractivity contribution in [3.8, 4) is 0 Å². The van der Waals surface area contributed by atoms with E-state index in [0.717, 1.165) is 12.8 Å². The Labute approximate surface area is 84.2 Å². The van der Waals surface area contributed by atoms with E-state index in [9.17, 15) is 4.79 Å². The third-order valence-corrected chi connectivity index (χ3v) is 2.80. The van der Waals surface area contributed by atoms with Crippen molar-refractivity contribution >= 4 is 11.9 Å². The summed E-state index contributed by atoms with van der Waals surface area (Å²) < 4.78 is 0. The molecule has 1 aliphatic heterocycles. The van der Waals surface area contributed by atoms with Crippen LogP contribution in [0, 0.1) is 5.92 Å². The van der Waals surface area contributed by atoms with Gasteiger partial charge in [0.05, 0.1) is 0 Å². The Hall–Kier alpha value is -1.06. The first-order valence-electron chi connectivity index (χ1n) is 5.32. The van der Waals surface area contributed by atoms with Crippen molar-refractivity contribution < 1.29 is 4.79 Å². The average Bonchev–Trinajstić information content (AvgIpc) is 2.27. The molecular weight excluding hydrogens is 178 g/mol. The van der Waals surface area contributed by atoms with E-state index in [1.807, 2.05) is 13.8 Å². The zero-order valence-corrected chi connectivity index (χ0v) is 8.71. The van der Waals surface area contributed by atoms with Crippen molar-refractivity contribution in [1.82, 2.24) is 10.6 Å². The molecule has 78 valence electrons. The fourth-order valence-electron chi connectivity index (χ4n) is 1.84. The second-order valence-corrected chi connectivity index (χ2v) is 4.40. The maximum absolute atomic E-state index is 11.5. The molecular formula is C10H17N3O. The summed E-state index contributed by atoms with van der Waals surface area (Å²) in [5.41, 5.74) is 0. The van der Waals surface area contributed by atoms with Crippen molar-refractivity contribution in [2.24, 2.45) is 10.9 Å². The predicted molar refractivity (Wildman–Crippen MR) is 55.0 cm³/mol. The van der Waals surface area contributed by atoms with Gasteiger partial charge in [0.1, 0.15) is 6.04 Å². The summed E-state index contributed by atoms with van der Waals surface area (Å²) in [5, 5.41) is 5.91. The topological polar surface area (TPSA) is 53.5 Å². The first-order valence-corrected chi connectivity index (χ1v) is 5.32. The smallest absolute Gasteiger partial charge is 0.251 e. The summed E-state index contributed by atoms with van der Waals surface area (Å²) in [4.78, 5) is 15.9. The van der Waals surface area contributed by atoms with Crippen LogP contribution in [0.5, 0.6) is 0 Å². The molecule has 1 heterocycles. The molecule has 1 amide bonds. The number of nitrogens with one attached hydrogen (secondary N) is 2. The third-order valence-electron chi connectivity index (χ3n) is 2.80. The molecule has 1 aliphatic carbocycles. The van der Waals surface area contributed by atoms with Crippen molar-refractivity contribution in [3.63, 3.8) is 0 Å². The number of aliphatic imine (C=N–C) groups is 1. The number of guanidine groups is 1. The lowest BCUT2D eigenvalue weighted by molar-refractivity contribution is -0.121. The van der Waals surface area contributed by atoms with Crippen molar-refractivity contribution in [3.05, 3.63) is 0 Å². The molecule has 0 saturated heterocycles. The Morgan fingerprint density at radius 1 is 1.50 bits per heavy atom. The molecule has 0 aromatic heterocycles. The van der Waals surface area contributed by atoms with Gasteiger partial charge in [-0.3, -0.25) is 10.1 Å². The Kier molecular flexibility index (Phi) is 2.44. The summed E-state index contributed by atoms with van der Waals surface area (Å²) in [5.74, 6) is 1.21. The van der Waals surface area contributed by atoms with E-state index in [1.165, 1.54) is 6.42 Å². The zero-order chi connectivity index (χ0) is 10.1. The summed E-state index contributed by atoms with van der Waals surface area (Å²) in [7, 11) is 0. The monoisotopic (exact) mass is 195 g/mol. The minimum absolute atomic E-state index is 0.0675. The number of carbonyl (C=O) groups is 1. The zero-order valence-electron chi connectivity index (χ0n) is 8.71. The SMILES string of the molecule is CC(C)NC1=NC(C2CCC2)C(=O)N1. The highest BCUT2D eigenvalue weighted by molar-refractivity contribution is 6.05. The van der Waals surface area contributed by atoms with E-state index in [2.05, 4.69) is 15.6 Å². The second-order valence-electron chi connectivity index (χ2n) is 4.40. The Bertz CT molecular complexity index is 269. The Morgan fingerprint density at radius 2 is 2.21 bits per heavy atom. The highest BCUT2D eigenvalue weighted by Gasteiger charge is 2.36. The largest absolute Gasteiger partial charge is 0.354 e. The van der Waals surface area contributed by atoms with Crippen molar-refractivity contribution in [1.29, 1.82) is 0 Å². The van der Waals surface area contributed by atoms with Crippen LogP contribution in [0.25, 0.3) is 0 Å². The van der Waals surface area contributed by atoms with Crippen LogP contribution >= 0.6 is 0 Å². The van der Waals surface area contributed by atoms with Gasteiger partial charge in [0.15, 0.2) is 5.96 Å². The standard InChI is InChI=1S/C10H17N3O/c1-6(2)11-10-12-8(9(14)13-10)7-4-3-5-7/h6-8H,3-5H2,1-2H3,(H2,11,12,13,14). The maximum atomic E-state index is 11.5. The van der Waals surface area contributed by atoms with Gasteiger partial charge in [-0.15, -0.1) is 0 Å². The van der Waals surface area contributed by atoms with Gasteiger partial charge < -0.3 is 5.32 Å². The summed E-state index contributed by atoms with van der Waals surface area (Å²) in [6, 6.07) is 0.194. The van der Waals surface area contributed by atoms with Crippen LogP contribution in [-0.4, -0.2) is 24.0 Å². The molecule has 4 heteroatoms. The molecule has 0 aromatic rings. The van der Waals surface area contributed by atoms with E-state index >= 15 is 0 Å². The van der Waals surface area contributed by atoms with Gasteiger partial charge in [-0.25, -0.2) is 4.99 Å². The van der Waals surface area contributed by atoms with E-state index in [-0.39, 0.29) is 11.9 Å². The molecule has 2 aliphatic rings. The molecule has 0 bridgehead atoms. The molecule has 2 rings (SSSR count). The molecule has 2 N–H and O–H groups in total. The number of amides is 1. The average molecular weight is 195 g/mol. The normalized spacial score (nSPS) is 27.2. The van der Waals surface area contributed by atoms with Gasteiger partial charge >= 0.3 is 0 Å². The fraction of sp³-hybridized carbons (Fsp3) is 0.800. The lowest BCUT2D eigenvalue weighted by Gasteiger charge is -2.27. The molecule has 1 unspecified atom stereocenters. The van der Waals surface area contributed by atoms with E-state index in [4.69, 9.17) is 0 Å². The molecule has 1 atom stereocenters. The number of carbonyl (C=O) groups excluding carboxylic acids is 1. The van der Waals surface area contributed by atoms with Crippen LogP contribution in [-0.2, 0) is 4.79 Å². The Morgan fingerprint density at radius 3 is 2.71 bits per heavy atom. The minimum atomic E-state index is -0.120. The van der Waals surface area contributed by atoms with Gasteiger partial charge in [-0.1, -0.05) is 6.42 Å². The first-order chi connectivity index (χ1) is 6.66. The first kappa shape index (κ1) is 9.49. The van der Waals surface area contributed by atoms with Gasteiger partial charge in [0, 0.05) is 6.04 Å². The number of hydrogen-bond acceptors (Lipinski definition) is 3. The van der Waals surface area contributed by atoms with Crippen molar-refractivity contribution in [2.45, 2.75) is 45.2 Å². The van der Waals surface area contributed by atoms with Crippen molar-refractivity contribution in [2.75, 3.05) is 0 Å². The molecule has 1 fully saturated rings. The Balaban J connectivity index is 1.97. The number of hydrogen-bond donors (Lipinski definition) is 2. The van der Waals surface area contributed by atoms with Gasteiger partial charge in [-0.2, -0.15) is 0 Å². The quantitative estimate of drug-likeness (QED) is 0.679. The molecule has 0 spiro atoms. The fourth-order valence-corrected chi connectivity index (χ4v) is 1.84. The second kappa shape index (κ2) is 3.59. The van der Waals surface area contributed by atoms with Gasteiger partial charge in [0.25, 0.3) is 5.91 Å². The minimum Gasteiger partial charge on any atom is -0.354 e. The van der Waals surface area contributed by atoms with Crippen LogP contribution in [0.3, 0.4) is 0 Å². The van der Waals surface area contributed by atoms with Crippen LogP contribution in [0.1, 0.15) is 33.1 Å². The number of nitrogens with zero attached hydrogens (tertiary/aromatic N) is 1. The number of rotatable bonds is 2. The lowest BCUT2D eigenvalue weighted by atomic mass is 9.80. The van der Waals surface area contributed by atoms with Crippen LogP contribution < -0.4 is 10.6 Å². The highest BCUT2D eigenvalue weighted by atomic mass is 16.2. The molecule has 14 heavy (non-hydrogen) atoms. The molecule has 4 nitrogen and oxygen atoms in total. The van der Waals surface area contributed by atoms with E-state index in [0.29, 0.717) is 17.9 Å². The predicted octanol–water partition coefficient (Wildman–Crippen LogP) is 0.639. The van der Waals surface area contributed by atoms with Gasteiger partial charge in [0.2, 0.25) is 0 Å².